The quantitative estimate of drug-likeness (QED) is 0.470. The Labute approximate surface area is 188 Å². The lowest BCUT2D eigenvalue weighted by Gasteiger charge is -2.25. The zero-order chi connectivity index (χ0) is 22.2. The summed E-state index contributed by atoms with van der Waals surface area (Å²) in [6.07, 6.45) is 3.11. The van der Waals surface area contributed by atoms with Gasteiger partial charge in [-0.15, -0.1) is 0 Å². The molecule has 0 aliphatic heterocycles. The molecule has 1 unspecified atom stereocenters. The van der Waals surface area contributed by atoms with E-state index in [0.717, 1.165) is 4.47 Å². The molecule has 158 valence electrons. The van der Waals surface area contributed by atoms with E-state index in [9.17, 15) is 14.4 Å². The molecule has 1 atom stereocenters. The maximum Gasteiger partial charge on any atom is 0.238 e. The third kappa shape index (κ3) is 6.29. The predicted molar refractivity (Wildman–Crippen MR) is 121 cm³/mol. The van der Waals surface area contributed by atoms with Crippen molar-refractivity contribution in [1.29, 1.82) is 0 Å². The summed E-state index contributed by atoms with van der Waals surface area (Å²) in [5, 5.41) is 5.38. The van der Waals surface area contributed by atoms with E-state index in [4.69, 9.17) is 0 Å². The van der Waals surface area contributed by atoms with Gasteiger partial charge >= 0.3 is 0 Å². The second kappa shape index (κ2) is 10.6. The van der Waals surface area contributed by atoms with E-state index < -0.39 is 23.7 Å². The van der Waals surface area contributed by atoms with Crippen molar-refractivity contribution in [3.63, 3.8) is 0 Å². The number of halogens is 1. The van der Waals surface area contributed by atoms with Gasteiger partial charge in [0.1, 0.15) is 23.3 Å². The van der Waals surface area contributed by atoms with Crippen LogP contribution in [0.1, 0.15) is 24.8 Å². The lowest BCUT2D eigenvalue weighted by atomic mass is 9.81. The van der Waals surface area contributed by atoms with Crippen LogP contribution in [0.5, 0.6) is 0 Å². The minimum atomic E-state index is -1.19. The van der Waals surface area contributed by atoms with Gasteiger partial charge in [0, 0.05) is 29.2 Å². The highest BCUT2D eigenvalue weighted by atomic mass is 79.9. The molecule has 2 amide bonds. The van der Waals surface area contributed by atoms with E-state index in [1.54, 1.807) is 60.9 Å². The monoisotopic (exact) mass is 480 g/mol. The van der Waals surface area contributed by atoms with Crippen LogP contribution < -0.4 is 10.6 Å². The Morgan fingerprint density at radius 1 is 0.839 bits per heavy atom. The molecule has 0 radical (unpaired) electrons. The first-order valence-electron chi connectivity index (χ1n) is 9.62. The van der Waals surface area contributed by atoms with Gasteiger partial charge in [-0.1, -0.05) is 40.2 Å². The van der Waals surface area contributed by atoms with Crippen LogP contribution in [0.25, 0.3) is 0 Å². The molecule has 0 saturated carbocycles. The summed E-state index contributed by atoms with van der Waals surface area (Å²) in [6, 6.07) is 17.4. The van der Waals surface area contributed by atoms with Crippen LogP contribution in [-0.4, -0.2) is 27.6 Å². The summed E-state index contributed by atoms with van der Waals surface area (Å²) < 4.78 is 0.852. The predicted octanol–water partition coefficient (Wildman–Crippen LogP) is 4.20. The van der Waals surface area contributed by atoms with Crippen LogP contribution >= 0.6 is 15.9 Å². The minimum Gasteiger partial charge on any atom is -0.310 e. The fraction of sp³-hybridized carbons (Fsp3) is 0.174. The van der Waals surface area contributed by atoms with E-state index in [1.807, 2.05) is 12.1 Å². The number of carbonyl (C=O) groups is 3. The molecule has 0 aliphatic carbocycles. The summed E-state index contributed by atoms with van der Waals surface area (Å²) in [5.74, 6) is -2.45. The highest BCUT2D eigenvalue weighted by Gasteiger charge is 2.37. The molecule has 2 aromatic heterocycles. The van der Waals surface area contributed by atoms with Crippen molar-refractivity contribution in [3.05, 3.63) is 83.1 Å². The van der Waals surface area contributed by atoms with Crippen LogP contribution in [-0.2, 0) is 14.4 Å². The van der Waals surface area contributed by atoms with Gasteiger partial charge in [-0.2, -0.15) is 0 Å². The standard InChI is InChI=1S/C23H21BrN4O3/c1-15(29)14-18(16-8-10-17(24)11-9-16)21(22(30)27-19-6-2-4-12-25-19)23(31)28-20-7-3-5-13-26-20/h2-13,18,21H,14H2,1H3,(H,25,27,30)(H,26,28,31). The molecule has 2 heterocycles. The van der Waals surface area contributed by atoms with Crippen molar-refractivity contribution in [2.24, 2.45) is 5.92 Å². The number of aromatic nitrogens is 2. The first-order chi connectivity index (χ1) is 14.9. The summed E-state index contributed by atoms with van der Waals surface area (Å²) in [5.41, 5.74) is 0.704. The third-order valence-corrected chi connectivity index (χ3v) is 5.13. The van der Waals surface area contributed by atoms with Gasteiger partial charge in [-0.3, -0.25) is 9.59 Å². The van der Waals surface area contributed by atoms with Crippen molar-refractivity contribution in [1.82, 2.24) is 9.97 Å². The Morgan fingerprint density at radius 3 is 1.77 bits per heavy atom. The molecular formula is C23H21BrN4O3. The lowest BCUT2D eigenvalue weighted by Crippen LogP contribution is -2.39. The summed E-state index contributed by atoms with van der Waals surface area (Å²) in [7, 11) is 0. The molecule has 1 aromatic carbocycles. The number of benzene rings is 1. The lowest BCUT2D eigenvalue weighted by molar-refractivity contribution is -0.130. The third-order valence-electron chi connectivity index (χ3n) is 4.61. The average Bonchev–Trinajstić information content (AvgIpc) is 2.75. The molecule has 3 rings (SSSR count). The van der Waals surface area contributed by atoms with Gasteiger partial charge in [0.2, 0.25) is 11.8 Å². The SMILES string of the molecule is CC(=O)CC(c1ccc(Br)cc1)C(C(=O)Nc1ccccn1)C(=O)Nc1ccccn1. The maximum absolute atomic E-state index is 13.3. The Hall–Kier alpha value is -3.39. The number of ketones is 1. The smallest absolute Gasteiger partial charge is 0.238 e. The van der Waals surface area contributed by atoms with E-state index >= 15 is 0 Å². The largest absolute Gasteiger partial charge is 0.310 e. The van der Waals surface area contributed by atoms with Gasteiger partial charge in [0.25, 0.3) is 0 Å². The normalized spacial score (nSPS) is 11.6. The highest BCUT2D eigenvalue weighted by Crippen LogP contribution is 2.31. The number of pyridine rings is 2. The first kappa shape index (κ1) is 22.3. The first-order valence-corrected chi connectivity index (χ1v) is 10.4. The van der Waals surface area contributed by atoms with E-state index in [0.29, 0.717) is 17.2 Å². The van der Waals surface area contributed by atoms with Crippen LogP contribution in [0, 0.1) is 5.92 Å². The Balaban J connectivity index is 1.98. The fourth-order valence-electron chi connectivity index (χ4n) is 3.21. The molecular weight excluding hydrogens is 460 g/mol. The summed E-state index contributed by atoms with van der Waals surface area (Å²) in [6.45, 7) is 1.44. The number of nitrogens with one attached hydrogen (secondary N) is 2. The van der Waals surface area contributed by atoms with Crippen molar-refractivity contribution in [2.45, 2.75) is 19.3 Å². The second-order valence-corrected chi connectivity index (χ2v) is 7.87. The van der Waals surface area contributed by atoms with E-state index in [1.165, 1.54) is 6.92 Å². The molecule has 7 nitrogen and oxygen atoms in total. The Morgan fingerprint density at radius 2 is 1.35 bits per heavy atom. The molecule has 8 heteroatoms. The number of hydrogen-bond acceptors (Lipinski definition) is 5. The number of Topliss-reactive ketones (excluding diaryl/α,β-unsaturated/α-hetero) is 1. The zero-order valence-electron chi connectivity index (χ0n) is 16.8. The van der Waals surface area contributed by atoms with Crippen molar-refractivity contribution in [2.75, 3.05) is 10.6 Å². The fourth-order valence-corrected chi connectivity index (χ4v) is 3.48. The van der Waals surface area contributed by atoms with Gasteiger partial charge < -0.3 is 15.4 Å². The average molecular weight is 481 g/mol. The number of amides is 2. The van der Waals surface area contributed by atoms with Gasteiger partial charge in [0.15, 0.2) is 0 Å². The van der Waals surface area contributed by atoms with E-state index in [-0.39, 0.29) is 12.2 Å². The molecule has 31 heavy (non-hydrogen) atoms. The highest BCUT2D eigenvalue weighted by molar-refractivity contribution is 9.10. The van der Waals surface area contributed by atoms with Crippen LogP contribution in [0.2, 0.25) is 0 Å². The Bertz CT molecular complexity index is 990. The van der Waals surface area contributed by atoms with Crippen LogP contribution in [0.15, 0.2) is 77.5 Å². The zero-order valence-corrected chi connectivity index (χ0v) is 18.4. The number of anilines is 2. The summed E-state index contributed by atoms with van der Waals surface area (Å²) >= 11 is 3.39. The number of hydrogen-bond donors (Lipinski definition) is 2. The van der Waals surface area contributed by atoms with Gasteiger partial charge in [-0.05, 0) is 48.9 Å². The number of rotatable bonds is 8. The molecule has 3 aromatic rings. The summed E-state index contributed by atoms with van der Waals surface area (Å²) in [4.78, 5) is 46.8. The maximum atomic E-state index is 13.3. The van der Waals surface area contributed by atoms with Crippen molar-refractivity contribution in [3.8, 4) is 0 Å². The molecule has 0 bridgehead atoms. The topological polar surface area (TPSA) is 101 Å². The molecule has 0 saturated heterocycles. The molecule has 0 fully saturated rings. The van der Waals surface area contributed by atoms with E-state index in [2.05, 4.69) is 36.5 Å². The van der Waals surface area contributed by atoms with Gasteiger partial charge in [0.05, 0.1) is 0 Å². The second-order valence-electron chi connectivity index (χ2n) is 6.95. The number of carbonyl (C=O) groups excluding carboxylic acids is 3. The minimum absolute atomic E-state index is 0.0254. The Kier molecular flexibility index (Phi) is 7.61. The van der Waals surface area contributed by atoms with Crippen molar-refractivity contribution >= 4 is 45.2 Å². The molecule has 2 N–H and O–H groups in total. The molecule has 0 aliphatic rings. The van der Waals surface area contributed by atoms with Gasteiger partial charge in [-0.25, -0.2) is 9.97 Å². The number of nitrogens with zero attached hydrogens (tertiary/aromatic N) is 2. The van der Waals surface area contributed by atoms with Crippen LogP contribution in [0.4, 0.5) is 11.6 Å². The molecule has 0 spiro atoms. The van der Waals surface area contributed by atoms with Crippen molar-refractivity contribution < 1.29 is 14.4 Å². The van der Waals surface area contributed by atoms with Crippen LogP contribution in [0.3, 0.4) is 0 Å².